The van der Waals surface area contributed by atoms with E-state index in [1.54, 1.807) is 0 Å². The van der Waals surface area contributed by atoms with E-state index in [4.69, 9.17) is 22.1 Å². The summed E-state index contributed by atoms with van der Waals surface area (Å²) in [6.45, 7) is -0.880. The summed E-state index contributed by atoms with van der Waals surface area (Å²) in [5.41, 5.74) is 4.21. The summed E-state index contributed by atoms with van der Waals surface area (Å²) in [6, 6.07) is 0. The average molecular weight is 262 g/mol. The van der Waals surface area contributed by atoms with Crippen LogP contribution in [0.4, 0.5) is 5.82 Å². The zero-order chi connectivity index (χ0) is 12.6. The van der Waals surface area contributed by atoms with E-state index in [0.29, 0.717) is 5.69 Å². The van der Waals surface area contributed by atoms with Crippen LogP contribution in [0.3, 0.4) is 0 Å². The van der Waals surface area contributed by atoms with Crippen molar-refractivity contribution in [3.05, 3.63) is 21.2 Å². The molecule has 0 radical (unpaired) electrons. The van der Waals surface area contributed by atoms with Crippen molar-refractivity contribution in [1.82, 2.24) is 9.55 Å². The van der Waals surface area contributed by atoms with Gasteiger partial charge in [0.15, 0.2) is 0 Å². The summed E-state index contributed by atoms with van der Waals surface area (Å²) in [4.78, 5) is 15.1. The van der Waals surface area contributed by atoms with Gasteiger partial charge < -0.3 is 20.7 Å². The SMILES string of the molecule is Nc1nc(=O)n2c(c1Cl)CC(CO)(CO)OC2. The van der Waals surface area contributed by atoms with Crippen molar-refractivity contribution in [3.63, 3.8) is 0 Å². The predicted molar refractivity (Wildman–Crippen MR) is 59.6 cm³/mol. The zero-order valence-electron chi connectivity index (χ0n) is 8.89. The summed E-state index contributed by atoms with van der Waals surface area (Å²) in [6.07, 6.45) is 0.0980. The zero-order valence-corrected chi connectivity index (χ0v) is 9.65. The molecule has 4 N–H and O–H groups in total. The number of nitrogens with two attached hydrogens (primary N) is 1. The number of nitrogen functional groups attached to an aromatic ring is 1. The summed E-state index contributed by atoms with van der Waals surface area (Å²) in [7, 11) is 0. The van der Waals surface area contributed by atoms with Gasteiger partial charge >= 0.3 is 5.69 Å². The molecule has 2 rings (SSSR count). The highest BCUT2D eigenvalue weighted by atomic mass is 35.5. The Hall–Kier alpha value is -1.15. The highest BCUT2D eigenvalue weighted by Crippen LogP contribution is 2.29. The maximum Gasteiger partial charge on any atom is 0.351 e. The smallest absolute Gasteiger partial charge is 0.351 e. The second-order valence-electron chi connectivity index (χ2n) is 3.92. The summed E-state index contributed by atoms with van der Waals surface area (Å²) in [5, 5.41) is 18.6. The number of aliphatic hydroxyl groups is 2. The maximum atomic E-state index is 11.5. The minimum Gasteiger partial charge on any atom is -0.393 e. The van der Waals surface area contributed by atoms with Gasteiger partial charge in [-0.25, -0.2) is 4.79 Å². The number of nitrogens with zero attached hydrogens (tertiary/aromatic N) is 2. The normalized spacial score (nSPS) is 17.8. The van der Waals surface area contributed by atoms with Crippen LogP contribution in [0.2, 0.25) is 5.02 Å². The van der Waals surface area contributed by atoms with E-state index in [-0.39, 0.29) is 37.2 Å². The fraction of sp³-hybridized carbons (Fsp3) is 0.556. The van der Waals surface area contributed by atoms with Crippen LogP contribution in [-0.4, -0.2) is 38.6 Å². The fourth-order valence-corrected chi connectivity index (χ4v) is 1.92. The monoisotopic (exact) mass is 261 g/mol. The molecule has 1 aromatic rings. The molecule has 1 aromatic heterocycles. The molecule has 1 aliphatic rings. The number of aromatic nitrogens is 2. The van der Waals surface area contributed by atoms with Gasteiger partial charge in [0.1, 0.15) is 23.2 Å². The summed E-state index contributed by atoms with van der Waals surface area (Å²) >= 11 is 5.96. The molecule has 0 fully saturated rings. The van der Waals surface area contributed by atoms with E-state index in [9.17, 15) is 15.0 Å². The quantitative estimate of drug-likeness (QED) is 0.612. The van der Waals surface area contributed by atoms with Crippen molar-refractivity contribution in [1.29, 1.82) is 0 Å². The Labute approximate surface area is 101 Å². The van der Waals surface area contributed by atoms with E-state index in [1.807, 2.05) is 0 Å². The van der Waals surface area contributed by atoms with Gasteiger partial charge in [-0.05, 0) is 0 Å². The Kier molecular flexibility index (Phi) is 3.09. The van der Waals surface area contributed by atoms with Crippen LogP contribution in [0.15, 0.2) is 4.79 Å². The van der Waals surface area contributed by atoms with Gasteiger partial charge in [-0.15, -0.1) is 0 Å². The molecule has 0 spiro atoms. The Bertz CT molecular complexity index is 498. The first-order valence-electron chi connectivity index (χ1n) is 4.93. The molecule has 0 bridgehead atoms. The van der Waals surface area contributed by atoms with Crippen LogP contribution in [0.5, 0.6) is 0 Å². The number of hydrogen-bond acceptors (Lipinski definition) is 6. The number of fused-ring (bicyclic) bond motifs is 1. The summed E-state index contributed by atoms with van der Waals surface area (Å²) < 4.78 is 6.51. The first-order chi connectivity index (χ1) is 8.03. The molecule has 0 atom stereocenters. The molecule has 0 aromatic carbocycles. The van der Waals surface area contributed by atoms with Crippen molar-refractivity contribution >= 4 is 17.4 Å². The van der Waals surface area contributed by atoms with Crippen LogP contribution in [0.25, 0.3) is 0 Å². The second kappa shape index (κ2) is 4.26. The molecule has 8 heteroatoms. The molecule has 7 nitrogen and oxygen atoms in total. The van der Waals surface area contributed by atoms with Crippen molar-refractivity contribution in [3.8, 4) is 0 Å². The number of anilines is 1. The van der Waals surface area contributed by atoms with Gasteiger partial charge in [0.2, 0.25) is 0 Å². The molecular weight excluding hydrogens is 250 g/mol. The van der Waals surface area contributed by atoms with Crippen LogP contribution >= 0.6 is 11.6 Å². The van der Waals surface area contributed by atoms with Crippen molar-refractivity contribution in [2.75, 3.05) is 18.9 Å². The van der Waals surface area contributed by atoms with Crippen LogP contribution in [0, 0.1) is 0 Å². The third-order valence-electron chi connectivity index (χ3n) is 2.82. The van der Waals surface area contributed by atoms with E-state index < -0.39 is 11.3 Å². The average Bonchev–Trinajstić information content (AvgIpc) is 2.35. The van der Waals surface area contributed by atoms with Crippen molar-refractivity contribution < 1.29 is 14.9 Å². The van der Waals surface area contributed by atoms with Gasteiger partial charge in [-0.1, -0.05) is 11.6 Å². The molecule has 1 aliphatic heterocycles. The van der Waals surface area contributed by atoms with Crippen molar-refractivity contribution in [2.45, 2.75) is 18.8 Å². The number of halogens is 1. The number of aliphatic hydroxyl groups excluding tert-OH is 2. The highest BCUT2D eigenvalue weighted by molar-refractivity contribution is 6.33. The molecule has 0 aliphatic carbocycles. The Morgan fingerprint density at radius 1 is 1.53 bits per heavy atom. The number of rotatable bonds is 2. The lowest BCUT2D eigenvalue weighted by molar-refractivity contribution is -0.149. The van der Waals surface area contributed by atoms with Gasteiger partial charge in [-0.3, -0.25) is 4.57 Å². The molecule has 17 heavy (non-hydrogen) atoms. The molecule has 0 amide bonds. The highest BCUT2D eigenvalue weighted by Gasteiger charge is 2.37. The molecule has 0 saturated heterocycles. The van der Waals surface area contributed by atoms with E-state index >= 15 is 0 Å². The Morgan fingerprint density at radius 2 is 2.18 bits per heavy atom. The minimum absolute atomic E-state index is 0.0606. The van der Waals surface area contributed by atoms with Crippen LogP contribution < -0.4 is 11.4 Å². The van der Waals surface area contributed by atoms with Crippen LogP contribution in [-0.2, 0) is 17.9 Å². The topological polar surface area (TPSA) is 111 Å². The van der Waals surface area contributed by atoms with Crippen LogP contribution in [0.1, 0.15) is 5.69 Å². The van der Waals surface area contributed by atoms with Gasteiger partial charge in [0.05, 0.1) is 18.9 Å². The van der Waals surface area contributed by atoms with Gasteiger partial charge in [0.25, 0.3) is 0 Å². The third kappa shape index (κ3) is 1.91. The van der Waals surface area contributed by atoms with E-state index in [0.717, 1.165) is 0 Å². The maximum absolute atomic E-state index is 11.5. The van der Waals surface area contributed by atoms with E-state index in [1.165, 1.54) is 4.57 Å². The molecule has 0 unspecified atom stereocenters. The lowest BCUT2D eigenvalue weighted by Gasteiger charge is -2.35. The Balaban J connectivity index is 2.54. The fourth-order valence-electron chi connectivity index (χ4n) is 1.71. The third-order valence-corrected chi connectivity index (χ3v) is 3.23. The first-order valence-corrected chi connectivity index (χ1v) is 5.31. The second-order valence-corrected chi connectivity index (χ2v) is 4.30. The largest absolute Gasteiger partial charge is 0.393 e. The predicted octanol–water partition coefficient (Wildman–Crippen LogP) is -1.27. The standard InChI is InChI=1S/C9H12ClN3O4/c10-6-5-1-9(2-14,3-15)17-4-13(5)8(16)12-7(6)11/h14-15H,1-4H2,(H2,11,12,16). The number of ether oxygens (including phenoxy) is 1. The molecule has 0 saturated carbocycles. The van der Waals surface area contributed by atoms with Gasteiger partial charge in [0, 0.05) is 6.42 Å². The van der Waals surface area contributed by atoms with Gasteiger partial charge in [-0.2, -0.15) is 4.98 Å². The first kappa shape index (κ1) is 12.3. The minimum atomic E-state index is -1.14. The van der Waals surface area contributed by atoms with Crippen molar-refractivity contribution in [2.24, 2.45) is 0 Å². The lowest BCUT2D eigenvalue weighted by Crippen LogP contribution is -2.49. The lowest BCUT2D eigenvalue weighted by atomic mass is 9.98. The molecule has 2 heterocycles. The summed E-state index contributed by atoms with van der Waals surface area (Å²) in [5.74, 6) is -0.0606. The molecule has 94 valence electrons. The Morgan fingerprint density at radius 3 is 2.76 bits per heavy atom. The molecular formula is C9H12ClN3O4. The van der Waals surface area contributed by atoms with E-state index in [2.05, 4.69) is 4.98 Å². The number of hydrogen-bond donors (Lipinski definition) is 3.